The van der Waals surface area contributed by atoms with E-state index < -0.39 is 0 Å². The van der Waals surface area contributed by atoms with Crippen LogP contribution in [0.15, 0.2) is 36.7 Å². The number of rotatable bonds is 9. The molecule has 0 amide bonds. The van der Waals surface area contributed by atoms with Crippen LogP contribution in [0, 0.1) is 0 Å². The van der Waals surface area contributed by atoms with E-state index in [-0.39, 0.29) is 5.54 Å². The van der Waals surface area contributed by atoms with E-state index >= 15 is 0 Å². The topological polar surface area (TPSA) is 75.9 Å². The van der Waals surface area contributed by atoms with E-state index in [1.165, 1.54) is 29.0 Å². The number of aryl methyl sites for hydroxylation is 1. The van der Waals surface area contributed by atoms with Crippen LogP contribution in [0.3, 0.4) is 0 Å². The zero-order valence-electron chi connectivity index (χ0n) is 17.1. The normalized spacial score (nSPS) is 18.7. The Balaban J connectivity index is 1.60. The summed E-state index contributed by atoms with van der Waals surface area (Å²) in [6.45, 7) is 9.32. The molecule has 0 spiro atoms. The summed E-state index contributed by atoms with van der Waals surface area (Å²) in [4.78, 5) is 11.8. The quantitative estimate of drug-likeness (QED) is 0.532. The average Bonchev–Trinajstić information content (AvgIpc) is 3.09. The number of hydrogen-bond acceptors (Lipinski definition) is 6. The highest BCUT2D eigenvalue weighted by Crippen LogP contribution is 2.29. The number of nitrogens with two attached hydrogens (primary N) is 1. The van der Waals surface area contributed by atoms with Crippen LogP contribution >= 0.6 is 11.3 Å². The standard InChI is InChI=1S/C22H33N5S/c1-16-14-17(15-22(2,3)27-16)25-21-24-13-11-19(26-21)20-10-9-18(28-20)8-6-4-5-7-12-23/h9-11,13,17,27H,1,4-8,12,14-15,23H2,2-3H3,(H,24,25,26). The number of anilines is 1. The van der Waals surface area contributed by atoms with E-state index in [2.05, 4.69) is 48.2 Å². The van der Waals surface area contributed by atoms with E-state index in [9.17, 15) is 0 Å². The Morgan fingerprint density at radius 2 is 2.07 bits per heavy atom. The summed E-state index contributed by atoms with van der Waals surface area (Å²) in [5.41, 5.74) is 7.66. The van der Waals surface area contributed by atoms with Gasteiger partial charge in [0.05, 0.1) is 10.6 Å². The smallest absolute Gasteiger partial charge is 0.223 e. The van der Waals surface area contributed by atoms with Gasteiger partial charge < -0.3 is 16.4 Å². The van der Waals surface area contributed by atoms with Crippen molar-refractivity contribution in [2.75, 3.05) is 11.9 Å². The Labute approximate surface area is 172 Å². The summed E-state index contributed by atoms with van der Waals surface area (Å²) >= 11 is 1.84. The molecule has 1 aliphatic rings. The van der Waals surface area contributed by atoms with Gasteiger partial charge in [0.2, 0.25) is 5.95 Å². The molecule has 2 aromatic rings. The van der Waals surface area contributed by atoms with E-state index in [0.29, 0.717) is 12.0 Å². The minimum absolute atomic E-state index is 0.0391. The summed E-state index contributed by atoms with van der Waals surface area (Å²) in [7, 11) is 0. The molecule has 0 bridgehead atoms. The lowest BCUT2D eigenvalue weighted by Crippen LogP contribution is -2.48. The number of nitrogens with one attached hydrogen (secondary N) is 2. The predicted octanol–water partition coefficient (Wildman–Crippen LogP) is 4.72. The van der Waals surface area contributed by atoms with Crippen molar-refractivity contribution in [2.24, 2.45) is 5.73 Å². The molecule has 3 rings (SSSR count). The lowest BCUT2D eigenvalue weighted by molar-refractivity contribution is 0.324. The highest BCUT2D eigenvalue weighted by atomic mass is 32.1. The number of hydrogen-bond donors (Lipinski definition) is 3. The molecule has 152 valence electrons. The fourth-order valence-electron chi connectivity index (χ4n) is 3.86. The van der Waals surface area contributed by atoms with Gasteiger partial charge in [0, 0.05) is 34.8 Å². The van der Waals surface area contributed by atoms with Crippen molar-refractivity contribution >= 4 is 17.3 Å². The molecule has 0 aliphatic carbocycles. The summed E-state index contributed by atoms with van der Waals surface area (Å²) in [5.74, 6) is 0.699. The molecule has 0 radical (unpaired) electrons. The number of aromatic nitrogens is 2. The first kappa shape index (κ1) is 20.8. The van der Waals surface area contributed by atoms with Crippen LogP contribution in [-0.4, -0.2) is 28.1 Å². The van der Waals surface area contributed by atoms with Gasteiger partial charge in [0.15, 0.2) is 0 Å². The number of unbranched alkanes of at least 4 members (excludes halogenated alkanes) is 3. The summed E-state index contributed by atoms with van der Waals surface area (Å²) < 4.78 is 0. The average molecular weight is 400 g/mol. The van der Waals surface area contributed by atoms with Crippen molar-refractivity contribution < 1.29 is 0 Å². The van der Waals surface area contributed by atoms with Crippen LogP contribution in [0.4, 0.5) is 5.95 Å². The Morgan fingerprint density at radius 1 is 1.25 bits per heavy atom. The van der Waals surface area contributed by atoms with Gasteiger partial charge in [-0.2, -0.15) is 0 Å². The van der Waals surface area contributed by atoms with Gasteiger partial charge in [-0.15, -0.1) is 11.3 Å². The van der Waals surface area contributed by atoms with Crippen molar-refractivity contribution in [1.29, 1.82) is 0 Å². The molecule has 6 heteroatoms. The van der Waals surface area contributed by atoms with E-state index in [1.54, 1.807) is 0 Å². The van der Waals surface area contributed by atoms with E-state index in [4.69, 9.17) is 10.7 Å². The molecule has 1 aliphatic heterocycles. The van der Waals surface area contributed by atoms with Gasteiger partial charge in [-0.3, -0.25) is 0 Å². The fourth-order valence-corrected chi connectivity index (χ4v) is 4.88. The number of piperidine rings is 1. The SMILES string of the molecule is C=C1CC(Nc2nccc(-c3ccc(CCCCCCN)s3)n2)CC(C)(C)N1. The Morgan fingerprint density at radius 3 is 2.86 bits per heavy atom. The lowest BCUT2D eigenvalue weighted by Gasteiger charge is -2.38. The predicted molar refractivity (Wildman–Crippen MR) is 120 cm³/mol. The highest BCUT2D eigenvalue weighted by Gasteiger charge is 2.29. The molecule has 1 saturated heterocycles. The summed E-state index contributed by atoms with van der Waals surface area (Å²) in [6.07, 6.45) is 9.73. The molecule has 0 saturated carbocycles. The number of nitrogens with zero attached hydrogens (tertiary/aromatic N) is 2. The third kappa shape index (κ3) is 6.04. The first-order chi connectivity index (χ1) is 13.4. The second-order valence-electron chi connectivity index (χ2n) is 8.35. The highest BCUT2D eigenvalue weighted by molar-refractivity contribution is 7.15. The second-order valence-corrected chi connectivity index (χ2v) is 9.51. The molecule has 5 nitrogen and oxygen atoms in total. The summed E-state index contributed by atoms with van der Waals surface area (Å²) in [5, 5.41) is 6.97. The second kappa shape index (κ2) is 9.52. The van der Waals surface area contributed by atoms with Crippen molar-refractivity contribution in [2.45, 2.75) is 70.4 Å². The largest absolute Gasteiger partial charge is 0.384 e. The van der Waals surface area contributed by atoms with Gasteiger partial charge >= 0.3 is 0 Å². The number of thiophene rings is 1. The molecule has 3 heterocycles. The molecule has 28 heavy (non-hydrogen) atoms. The van der Waals surface area contributed by atoms with E-state index in [1.807, 2.05) is 23.6 Å². The fraction of sp³-hybridized carbons (Fsp3) is 0.545. The molecular weight excluding hydrogens is 366 g/mol. The van der Waals surface area contributed by atoms with Gasteiger partial charge in [-0.1, -0.05) is 19.4 Å². The maximum atomic E-state index is 5.56. The Kier molecular flexibility index (Phi) is 7.08. The molecule has 1 unspecified atom stereocenters. The maximum absolute atomic E-state index is 5.56. The Hall–Kier alpha value is -1.92. The van der Waals surface area contributed by atoms with Gasteiger partial charge in [-0.05, 0) is 64.3 Å². The van der Waals surface area contributed by atoms with Gasteiger partial charge in [0.1, 0.15) is 0 Å². The van der Waals surface area contributed by atoms with Crippen LogP contribution < -0.4 is 16.4 Å². The molecule has 4 N–H and O–H groups in total. The van der Waals surface area contributed by atoms with Gasteiger partial charge in [-0.25, -0.2) is 9.97 Å². The van der Waals surface area contributed by atoms with Crippen LogP contribution in [0.2, 0.25) is 0 Å². The zero-order valence-corrected chi connectivity index (χ0v) is 17.9. The minimum atomic E-state index is 0.0391. The lowest BCUT2D eigenvalue weighted by atomic mass is 9.88. The van der Waals surface area contributed by atoms with Crippen LogP contribution in [0.5, 0.6) is 0 Å². The van der Waals surface area contributed by atoms with Crippen LogP contribution in [0.25, 0.3) is 10.6 Å². The van der Waals surface area contributed by atoms with Crippen LogP contribution in [0.1, 0.15) is 57.2 Å². The third-order valence-electron chi connectivity index (χ3n) is 5.04. The Bertz CT molecular complexity index is 783. The first-order valence-electron chi connectivity index (χ1n) is 10.3. The van der Waals surface area contributed by atoms with Crippen LogP contribution in [-0.2, 0) is 6.42 Å². The first-order valence-corrected chi connectivity index (χ1v) is 11.1. The molecule has 1 atom stereocenters. The minimum Gasteiger partial charge on any atom is -0.384 e. The monoisotopic (exact) mass is 399 g/mol. The molecular formula is C22H33N5S. The van der Waals surface area contributed by atoms with Crippen molar-refractivity contribution in [1.82, 2.24) is 15.3 Å². The molecule has 0 aromatic carbocycles. The van der Waals surface area contributed by atoms with Gasteiger partial charge in [0.25, 0.3) is 0 Å². The maximum Gasteiger partial charge on any atom is 0.223 e. The molecule has 2 aromatic heterocycles. The third-order valence-corrected chi connectivity index (χ3v) is 6.21. The molecule has 1 fully saturated rings. The zero-order chi connectivity index (χ0) is 20.0. The van der Waals surface area contributed by atoms with Crippen molar-refractivity contribution in [3.63, 3.8) is 0 Å². The summed E-state index contributed by atoms with van der Waals surface area (Å²) in [6, 6.07) is 6.71. The van der Waals surface area contributed by atoms with E-state index in [0.717, 1.165) is 43.6 Å². The van der Waals surface area contributed by atoms with Crippen molar-refractivity contribution in [3.8, 4) is 10.6 Å². The van der Waals surface area contributed by atoms with Crippen molar-refractivity contribution in [3.05, 3.63) is 41.5 Å².